The third-order valence-corrected chi connectivity index (χ3v) is 0.715. The monoisotopic (exact) mass is 112 g/mol. The van der Waals surface area contributed by atoms with E-state index in [0.717, 1.165) is 12.0 Å². The third-order valence-electron chi connectivity index (χ3n) is 0.715. The van der Waals surface area contributed by atoms with E-state index in [-0.39, 0.29) is 0 Å². The summed E-state index contributed by atoms with van der Waals surface area (Å²) in [5.41, 5.74) is 1.03. The minimum atomic E-state index is 0.447. The van der Waals surface area contributed by atoms with E-state index in [1.807, 2.05) is 6.92 Å². The summed E-state index contributed by atoms with van der Waals surface area (Å²) in [5, 5.41) is 0. The van der Waals surface area contributed by atoms with Crippen molar-refractivity contribution in [3.05, 3.63) is 12.2 Å². The summed E-state index contributed by atoms with van der Waals surface area (Å²) in [5.74, 6) is 0. The van der Waals surface area contributed by atoms with Crippen LogP contribution in [-0.4, -0.2) is 14.0 Å². The number of rotatable bonds is 4. The molecule has 0 bridgehead atoms. The van der Waals surface area contributed by atoms with Crippen molar-refractivity contribution in [3.63, 3.8) is 0 Å². The van der Waals surface area contributed by atoms with E-state index < -0.39 is 0 Å². The summed E-state index contributed by atoms with van der Waals surface area (Å²) in [6.45, 7) is 5.99. The molecule has 0 atom stereocenters. The fraction of sp³-hybridized carbons (Fsp3) is 0.600. The van der Waals surface area contributed by atoms with Crippen molar-refractivity contribution in [2.75, 3.05) is 6.61 Å². The Morgan fingerprint density at radius 3 is 2.88 bits per heavy atom. The van der Waals surface area contributed by atoms with Gasteiger partial charge in [0.15, 0.2) is 0 Å². The molecular formula is C5H9BO2. The zero-order valence-corrected chi connectivity index (χ0v) is 5.02. The first kappa shape index (κ1) is 7.40. The molecule has 0 aliphatic rings. The van der Waals surface area contributed by atoms with E-state index in [1.165, 1.54) is 0 Å². The van der Waals surface area contributed by atoms with Crippen LogP contribution in [0.25, 0.3) is 0 Å². The Bertz CT molecular complexity index is 90.4. The Balaban J connectivity index is 2.93. The van der Waals surface area contributed by atoms with E-state index in [1.54, 1.807) is 0 Å². The molecule has 0 saturated heterocycles. The average molecular weight is 112 g/mol. The van der Waals surface area contributed by atoms with Crippen LogP contribution in [0.4, 0.5) is 0 Å². The summed E-state index contributed by atoms with van der Waals surface area (Å²) in [4.78, 5) is 0. The zero-order valence-electron chi connectivity index (χ0n) is 5.02. The second kappa shape index (κ2) is 4.56. The van der Waals surface area contributed by atoms with Gasteiger partial charge >= 0.3 is 48.8 Å². The van der Waals surface area contributed by atoms with Gasteiger partial charge in [0.2, 0.25) is 0 Å². The summed E-state index contributed by atoms with van der Waals surface area (Å²) < 4.78 is 13.9. The van der Waals surface area contributed by atoms with Crippen molar-refractivity contribution in [1.29, 1.82) is 0 Å². The first-order valence-corrected chi connectivity index (χ1v) is 2.47. The Hall–Kier alpha value is -0.595. The second-order valence-corrected chi connectivity index (χ2v) is 1.67. The zero-order chi connectivity index (χ0) is 6.41. The maximum atomic E-state index is 9.53. The fourth-order valence-electron chi connectivity index (χ4n) is 0.281. The normalized spacial score (nSPS) is 7.62. The van der Waals surface area contributed by atoms with E-state index in [4.69, 9.17) is 0 Å². The van der Waals surface area contributed by atoms with E-state index in [9.17, 15) is 4.70 Å². The molecule has 0 fully saturated rings. The van der Waals surface area contributed by atoms with Gasteiger partial charge in [-0.3, -0.25) is 0 Å². The van der Waals surface area contributed by atoms with Crippen molar-refractivity contribution in [1.82, 2.24) is 0 Å². The first-order valence-electron chi connectivity index (χ1n) is 2.47. The topological polar surface area (TPSA) is 26.3 Å². The van der Waals surface area contributed by atoms with Crippen molar-refractivity contribution >= 4 is 7.35 Å². The fourth-order valence-corrected chi connectivity index (χ4v) is 0.281. The molecule has 0 aliphatic heterocycles. The molecular weight excluding hydrogens is 103 g/mol. The molecule has 0 spiro atoms. The van der Waals surface area contributed by atoms with Crippen molar-refractivity contribution < 1.29 is 9.36 Å². The minimum absolute atomic E-state index is 0.447. The first-order chi connectivity index (χ1) is 3.77. The molecule has 0 aliphatic carbocycles. The van der Waals surface area contributed by atoms with E-state index in [2.05, 4.69) is 11.2 Å². The summed E-state index contributed by atoms with van der Waals surface area (Å²) in [6, 6.07) is 0. The average Bonchev–Trinajstić information content (AvgIpc) is 1.66. The Morgan fingerprint density at radius 1 is 1.88 bits per heavy atom. The second-order valence-electron chi connectivity index (χ2n) is 1.67. The van der Waals surface area contributed by atoms with Gasteiger partial charge in [0, 0.05) is 0 Å². The summed E-state index contributed by atoms with van der Waals surface area (Å²) >= 11 is 0. The molecule has 0 rings (SSSR count). The van der Waals surface area contributed by atoms with Gasteiger partial charge in [-0.05, 0) is 0 Å². The van der Waals surface area contributed by atoms with Crippen LogP contribution in [0.2, 0.25) is 0 Å². The van der Waals surface area contributed by atoms with Gasteiger partial charge < -0.3 is 0 Å². The van der Waals surface area contributed by atoms with Gasteiger partial charge in [-0.15, -0.1) is 0 Å². The summed E-state index contributed by atoms with van der Waals surface area (Å²) in [7, 11) is 0.447. The van der Waals surface area contributed by atoms with Crippen LogP contribution in [0.1, 0.15) is 13.3 Å². The van der Waals surface area contributed by atoms with Crippen LogP contribution in [0.3, 0.4) is 0 Å². The predicted molar refractivity (Wildman–Crippen MR) is 31.8 cm³/mol. The molecule has 0 saturated carbocycles. The maximum absolute atomic E-state index is 9.53. The van der Waals surface area contributed by atoms with Crippen LogP contribution in [0.15, 0.2) is 12.2 Å². The van der Waals surface area contributed by atoms with Crippen molar-refractivity contribution in [2.45, 2.75) is 13.3 Å². The standard InChI is InChI=1S/C5H9BO2/c1-5(2)3-4-8-6-7/h1,3-4H2,2H3. The van der Waals surface area contributed by atoms with Crippen LogP contribution in [0, 0.1) is 0 Å². The van der Waals surface area contributed by atoms with Crippen LogP contribution in [-0.2, 0) is 9.36 Å². The third kappa shape index (κ3) is 5.40. The van der Waals surface area contributed by atoms with E-state index >= 15 is 0 Å². The van der Waals surface area contributed by atoms with Gasteiger partial charge in [-0.2, -0.15) is 0 Å². The Morgan fingerprint density at radius 2 is 2.50 bits per heavy atom. The number of hydrogen-bond donors (Lipinski definition) is 0. The molecule has 8 heavy (non-hydrogen) atoms. The molecule has 0 radical (unpaired) electrons. The van der Waals surface area contributed by atoms with Gasteiger partial charge in [0.25, 0.3) is 0 Å². The van der Waals surface area contributed by atoms with E-state index in [0.29, 0.717) is 14.0 Å². The van der Waals surface area contributed by atoms with Crippen LogP contribution < -0.4 is 0 Å². The molecule has 3 heteroatoms. The van der Waals surface area contributed by atoms with Crippen LogP contribution in [0.5, 0.6) is 0 Å². The molecule has 44 valence electrons. The van der Waals surface area contributed by atoms with Gasteiger partial charge in [-0.1, -0.05) is 0 Å². The van der Waals surface area contributed by atoms with Gasteiger partial charge in [0.05, 0.1) is 0 Å². The van der Waals surface area contributed by atoms with Crippen LogP contribution >= 0.6 is 0 Å². The molecule has 0 unspecified atom stereocenters. The molecule has 0 heterocycles. The van der Waals surface area contributed by atoms with Gasteiger partial charge in [0.1, 0.15) is 0 Å². The SMILES string of the molecule is C=C(C)CCOB=O. The predicted octanol–water partition coefficient (Wildman–Crippen LogP) is 0.934. The summed E-state index contributed by atoms with van der Waals surface area (Å²) in [6.07, 6.45) is 0.763. The molecule has 0 aromatic rings. The number of hydrogen-bond acceptors (Lipinski definition) is 2. The van der Waals surface area contributed by atoms with Gasteiger partial charge in [-0.25, -0.2) is 0 Å². The Labute approximate surface area is 49.8 Å². The van der Waals surface area contributed by atoms with Crippen molar-refractivity contribution in [2.24, 2.45) is 0 Å². The molecule has 2 nitrogen and oxygen atoms in total. The molecule has 0 aromatic carbocycles. The molecule has 0 N–H and O–H groups in total. The Kier molecular flexibility index (Phi) is 4.22. The quantitative estimate of drug-likeness (QED) is 0.307. The molecule has 0 amide bonds. The molecule has 0 aromatic heterocycles. The van der Waals surface area contributed by atoms with Crippen molar-refractivity contribution in [3.8, 4) is 0 Å².